The summed E-state index contributed by atoms with van der Waals surface area (Å²) in [6, 6.07) is 5.03. The number of esters is 1. The predicted molar refractivity (Wildman–Crippen MR) is 86.0 cm³/mol. The molecule has 0 N–H and O–H groups in total. The van der Waals surface area contributed by atoms with Crippen LogP contribution in [0.4, 0.5) is 0 Å². The van der Waals surface area contributed by atoms with Crippen molar-refractivity contribution in [3.63, 3.8) is 0 Å². The molecule has 2 aromatic rings. The van der Waals surface area contributed by atoms with E-state index in [1.807, 2.05) is 14.1 Å². The molecule has 0 bridgehead atoms. The molecular formula is C15H14Cl2N2O3. The second-order valence-corrected chi connectivity index (χ2v) is 5.45. The van der Waals surface area contributed by atoms with Crippen molar-refractivity contribution in [1.82, 2.24) is 10.1 Å². The number of hydrogen-bond donors (Lipinski definition) is 0. The third-order valence-corrected chi connectivity index (χ3v) is 3.46. The molecule has 0 aliphatic heterocycles. The van der Waals surface area contributed by atoms with Crippen molar-refractivity contribution in [2.45, 2.75) is 0 Å². The Hall–Kier alpha value is -1.98. The number of aromatic nitrogens is 1. The lowest BCUT2D eigenvalue weighted by molar-refractivity contribution is 0.0600. The van der Waals surface area contributed by atoms with Gasteiger partial charge in [0.25, 0.3) is 0 Å². The Morgan fingerprint density at radius 2 is 1.95 bits per heavy atom. The van der Waals surface area contributed by atoms with Crippen LogP contribution < -0.4 is 0 Å². The Bertz CT molecular complexity index is 703. The standard InChI is InChI=1S/C15H14Cl2N2O3/c1-19(2)8-7-11-13(15(20)21-3)14(18-22-11)12-9(16)5-4-6-10(12)17/h4-8H,1-3H3/b8-7+. The average Bonchev–Trinajstić information content (AvgIpc) is 2.88. The van der Waals surface area contributed by atoms with Crippen LogP contribution in [-0.4, -0.2) is 37.2 Å². The van der Waals surface area contributed by atoms with Gasteiger partial charge in [-0.15, -0.1) is 0 Å². The first-order chi connectivity index (χ1) is 10.5. The van der Waals surface area contributed by atoms with Gasteiger partial charge in [0.1, 0.15) is 11.3 Å². The molecule has 2 rings (SSSR count). The van der Waals surface area contributed by atoms with E-state index in [-0.39, 0.29) is 17.0 Å². The fraction of sp³-hybridized carbons (Fsp3) is 0.200. The van der Waals surface area contributed by atoms with Gasteiger partial charge >= 0.3 is 5.97 Å². The van der Waals surface area contributed by atoms with E-state index in [2.05, 4.69) is 5.16 Å². The summed E-state index contributed by atoms with van der Waals surface area (Å²) in [5.41, 5.74) is 0.857. The maximum Gasteiger partial charge on any atom is 0.344 e. The first-order valence-corrected chi connectivity index (χ1v) is 7.08. The highest BCUT2D eigenvalue weighted by Crippen LogP contribution is 2.37. The number of methoxy groups -OCH3 is 1. The predicted octanol–water partition coefficient (Wildman–Crippen LogP) is 3.97. The number of carbonyl (C=O) groups excluding carboxylic acids is 1. The maximum atomic E-state index is 12.1. The SMILES string of the molecule is COC(=O)c1c(-c2c(Cl)cccc2Cl)noc1/C=C/N(C)C. The molecule has 0 saturated carbocycles. The van der Waals surface area contributed by atoms with Gasteiger partial charge < -0.3 is 14.2 Å². The second kappa shape index (κ2) is 6.85. The van der Waals surface area contributed by atoms with E-state index in [1.54, 1.807) is 35.4 Å². The smallest absolute Gasteiger partial charge is 0.344 e. The largest absolute Gasteiger partial charge is 0.465 e. The number of nitrogens with zero attached hydrogens (tertiary/aromatic N) is 2. The molecule has 0 radical (unpaired) electrons. The van der Waals surface area contributed by atoms with E-state index in [4.69, 9.17) is 32.5 Å². The second-order valence-electron chi connectivity index (χ2n) is 4.64. The Morgan fingerprint density at radius 1 is 1.32 bits per heavy atom. The van der Waals surface area contributed by atoms with Crippen LogP contribution in [0.5, 0.6) is 0 Å². The fourth-order valence-electron chi connectivity index (χ4n) is 1.83. The summed E-state index contributed by atoms with van der Waals surface area (Å²) in [5, 5.41) is 4.68. The molecule has 116 valence electrons. The molecule has 0 spiro atoms. The lowest BCUT2D eigenvalue weighted by Gasteiger charge is -2.06. The molecule has 0 atom stereocenters. The lowest BCUT2D eigenvalue weighted by Crippen LogP contribution is -2.05. The van der Waals surface area contributed by atoms with Crippen molar-refractivity contribution >= 4 is 35.2 Å². The Labute approximate surface area is 138 Å². The van der Waals surface area contributed by atoms with Crippen LogP contribution in [0.3, 0.4) is 0 Å². The Balaban J connectivity index is 2.65. The fourth-order valence-corrected chi connectivity index (χ4v) is 2.40. The molecule has 0 saturated heterocycles. The van der Waals surface area contributed by atoms with Gasteiger partial charge in [-0.2, -0.15) is 0 Å². The van der Waals surface area contributed by atoms with Crippen LogP contribution in [0.15, 0.2) is 28.9 Å². The number of benzene rings is 1. The van der Waals surface area contributed by atoms with Crippen molar-refractivity contribution in [3.8, 4) is 11.3 Å². The van der Waals surface area contributed by atoms with Crippen LogP contribution >= 0.6 is 23.2 Å². The number of rotatable bonds is 4. The molecule has 0 unspecified atom stereocenters. The van der Waals surface area contributed by atoms with E-state index in [9.17, 15) is 4.79 Å². The topological polar surface area (TPSA) is 55.6 Å². The van der Waals surface area contributed by atoms with Gasteiger partial charge in [-0.25, -0.2) is 4.79 Å². The summed E-state index contributed by atoms with van der Waals surface area (Å²) in [7, 11) is 4.97. The zero-order valence-electron chi connectivity index (χ0n) is 12.3. The van der Waals surface area contributed by atoms with Crippen LogP contribution in [0.25, 0.3) is 17.3 Å². The molecule has 1 heterocycles. The van der Waals surface area contributed by atoms with E-state index in [0.29, 0.717) is 15.6 Å². The maximum absolute atomic E-state index is 12.1. The van der Waals surface area contributed by atoms with E-state index in [0.717, 1.165) is 0 Å². The summed E-state index contributed by atoms with van der Waals surface area (Å²) in [6.45, 7) is 0. The number of ether oxygens (including phenoxy) is 1. The van der Waals surface area contributed by atoms with Gasteiger partial charge in [0.05, 0.1) is 17.2 Å². The minimum absolute atomic E-state index is 0.176. The lowest BCUT2D eigenvalue weighted by atomic mass is 10.1. The van der Waals surface area contributed by atoms with Gasteiger partial charge in [0.2, 0.25) is 0 Å². The summed E-state index contributed by atoms with van der Waals surface area (Å²) >= 11 is 12.4. The molecule has 1 aromatic heterocycles. The third kappa shape index (κ3) is 3.26. The van der Waals surface area contributed by atoms with Crippen LogP contribution in [0.2, 0.25) is 10.0 Å². The zero-order valence-corrected chi connectivity index (χ0v) is 13.8. The minimum Gasteiger partial charge on any atom is -0.465 e. The van der Waals surface area contributed by atoms with Crippen molar-refractivity contribution in [3.05, 3.63) is 45.8 Å². The number of halogens is 2. The molecule has 0 aliphatic carbocycles. The highest BCUT2D eigenvalue weighted by molar-refractivity contribution is 6.39. The normalized spacial score (nSPS) is 11.0. The van der Waals surface area contributed by atoms with Crippen LogP contribution in [-0.2, 0) is 4.74 Å². The van der Waals surface area contributed by atoms with E-state index in [1.165, 1.54) is 7.11 Å². The first-order valence-electron chi connectivity index (χ1n) is 6.32. The van der Waals surface area contributed by atoms with Gasteiger partial charge in [0, 0.05) is 31.9 Å². The van der Waals surface area contributed by atoms with Crippen LogP contribution in [0.1, 0.15) is 16.1 Å². The molecule has 0 amide bonds. The minimum atomic E-state index is -0.578. The van der Waals surface area contributed by atoms with Crippen molar-refractivity contribution in [2.75, 3.05) is 21.2 Å². The quantitative estimate of drug-likeness (QED) is 0.788. The average molecular weight is 341 g/mol. The molecule has 0 fully saturated rings. The van der Waals surface area contributed by atoms with Crippen molar-refractivity contribution in [2.24, 2.45) is 0 Å². The highest BCUT2D eigenvalue weighted by Gasteiger charge is 2.26. The molecule has 22 heavy (non-hydrogen) atoms. The highest BCUT2D eigenvalue weighted by atomic mass is 35.5. The number of carbonyl (C=O) groups is 1. The molecule has 5 nitrogen and oxygen atoms in total. The van der Waals surface area contributed by atoms with Crippen molar-refractivity contribution < 1.29 is 14.1 Å². The summed E-state index contributed by atoms with van der Waals surface area (Å²) in [5.74, 6) is -0.308. The van der Waals surface area contributed by atoms with Gasteiger partial charge in [-0.05, 0) is 12.1 Å². The molecular weight excluding hydrogens is 327 g/mol. The number of hydrogen-bond acceptors (Lipinski definition) is 5. The van der Waals surface area contributed by atoms with E-state index >= 15 is 0 Å². The van der Waals surface area contributed by atoms with Gasteiger partial charge in [0.15, 0.2) is 5.76 Å². The molecule has 0 aliphatic rings. The van der Waals surface area contributed by atoms with E-state index < -0.39 is 5.97 Å². The van der Waals surface area contributed by atoms with Gasteiger partial charge in [-0.3, -0.25) is 0 Å². The summed E-state index contributed by atoms with van der Waals surface area (Å²) < 4.78 is 10.1. The molecule has 7 heteroatoms. The summed E-state index contributed by atoms with van der Waals surface area (Å²) in [4.78, 5) is 13.9. The summed E-state index contributed by atoms with van der Waals surface area (Å²) in [6.07, 6.45) is 3.35. The van der Waals surface area contributed by atoms with Crippen LogP contribution in [0, 0.1) is 0 Å². The monoisotopic (exact) mass is 340 g/mol. The zero-order chi connectivity index (χ0) is 16.3. The first kappa shape index (κ1) is 16.4. The van der Waals surface area contributed by atoms with Gasteiger partial charge in [-0.1, -0.05) is 34.4 Å². The Morgan fingerprint density at radius 3 is 2.50 bits per heavy atom. The third-order valence-electron chi connectivity index (χ3n) is 2.83. The van der Waals surface area contributed by atoms with Crippen molar-refractivity contribution in [1.29, 1.82) is 0 Å². The molecule has 1 aromatic carbocycles. The Kier molecular flexibility index (Phi) is 5.11.